The second-order valence-electron chi connectivity index (χ2n) is 8.43. The van der Waals surface area contributed by atoms with Gasteiger partial charge in [0.15, 0.2) is 0 Å². The molecule has 30 heavy (non-hydrogen) atoms. The van der Waals surface area contributed by atoms with Crippen LogP contribution < -0.4 is 10.1 Å². The van der Waals surface area contributed by atoms with E-state index in [0.29, 0.717) is 0 Å². The van der Waals surface area contributed by atoms with Crippen LogP contribution in [0.25, 0.3) is 11.1 Å². The van der Waals surface area contributed by atoms with Crippen molar-refractivity contribution < 1.29 is 4.74 Å². The summed E-state index contributed by atoms with van der Waals surface area (Å²) in [6.45, 7) is 6.72. The average molecular weight is 401 g/mol. The van der Waals surface area contributed by atoms with Crippen LogP contribution in [0.15, 0.2) is 72.8 Å². The largest absolute Gasteiger partial charge is 0.497 e. The van der Waals surface area contributed by atoms with Gasteiger partial charge in [0, 0.05) is 18.8 Å². The monoisotopic (exact) mass is 400 g/mol. The summed E-state index contributed by atoms with van der Waals surface area (Å²) in [6, 6.07) is 25.9. The third kappa shape index (κ3) is 5.43. The number of likely N-dealkylation sites (tertiary alicyclic amines) is 1. The molecular weight excluding hydrogens is 368 g/mol. The van der Waals surface area contributed by atoms with Gasteiger partial charge in [-0.25, -0.2) is 0 Å². The molecule has 1 aliphatic rings. The summed E-state index contributed by atoms with van der Waals surface area (Å²) in [6.07, 6.45) is 2.66. The summed E-state index contributed by atoms with van der Waals surface area (Å²) >= 11 is 0. The fourth-order valence-corrected chi connectivity index (χ4v) is 4.01. The van der Waals surface area contributed by atoms with Crippen LogP contribution in [0.4, 0.5) is 5.69 Å². The van der Waals surface area contributed by atoms with E-state index in [0.717, 1.165) is 24.8 Å². The molecule has 1 saturated heterocycles. The first-order valence-corrected chi connectivity index (χ1v) is 11.0. The Balaban J connectivity index is 1.28. The Morgan fingerprint density at radius 3 is 1.97 bits per heavy atom. The number of nitrogens with one attached hydrogen (secondary N) is 1. The van der Waals surface area contributed by atoms with Gasteiger partial charge in [-0.05, 0) is 78.4 Å². The Labute approximate surface area is 180 Å². The van der Waals surface area contributed by atoms with Crippen LogP contribution in [0, 0.1) is 5.92 Å². The number of nitrogens with zero attached hydrogens (tertiary/aromatic N) is 1. The SMILES string of the molecule is COc1ccc(-c2ccc(CNc3ccc(CN4CCC(C)CC4)cc3)cc2)cc1. The highest BCUT2D eigenvalue weighted by atomic mass is 16.5. The Kier molecular flexibility index (Phi) is 6.70. The predicted octanol–water partition coefficient (Wildman–Crippen LogP) is 6.21. The number of ether oxygens (including phenoxy) is 1. The van der Waals surface area contributed by atoms with Crippen LogP contribution >= 0.6 is 0 Å². The molecule has 0 spiro atoms. The van der Waals surface area contributed by atoms with E-state index in [1.807, 2.05) is 12.1 Å². The molecule has 1 fully saturated rings. The molecule has 3 aromatic rings. The molecular formula is C27H32N2O. The lowest BCUT2D eigenvalue weighted by molar-refractivity contribution is 0.185. The van der Waals surface area contributed by atoms with Crippen LogP contribution in [-0.4, -0.2) is 25.1 Å². The molecule has 3 nitrogen and oxygen atoms in total. The molecule has 0 unspecified atom stereocenters. The standard InChI is InChI=1S/C27H32N2O/c1-21-15-17-29(18-16-21)20-23-5-11-26(12-6-23)28-19-22-3-7-24(8-4-22)25-9-13-27(30-2)14-10-25/h3-14,21,28H,15-20H2,1-2H3. The van der Waals surface area contributed by atoms with Crippen LogP contribution in [0.3, 0.4) is 0 Å². The average Bonchev–Trinajstić information content (AvgIpc) is 2.80. The molecule has 0 aromatic heterocycles. The molecule has 3 aromatic carbocycles. The lowest BCUT2D eigenvalue weighted by Gasteiger charge is -2.30. The van der Waals surface area contributed by atoms with E-state index in [2.05, 4.69) is 77.8 Å². The van der Waals surface area contributed by atoms with Crippen LogP contribution in [0.1, 0.15) is 30.9 Å². The van der Waals surface area contributed by atoms with Crippen molar-refractivity contribution in [3.8, 4) is 16.9 Å². The smallest absolute Gasteiger partial charge is 0.118 e. The van der Waals surface area contributed by atoms with Crippen LogP contribution in [-0.2, 0) is 13.1 Å². The molecule has 0 bridgehead atoms. The topological polar surface area (TPSA) is 24.5 Å². The van der Waals surface area contributed by atoms with Crippen LogP contribution in [0.2, 0.25) is 0 Å². The summed E-state index contributed by atoms with van der Waals surface area (Å²) in [5, 5.41) is 3.54. The number of piperidine rings is 1. The first-order valence-electron chi connectivity index (χ1n) is 11.0. The van der Waals surface area contributed by atoms with Gasteiger partial charge in [0.25, 0.3) is 0 Å². The van der Waals surface area contributed by atoms with Crippen molar-refractivity contribution in [1.82, 2.24) is 4.90 Å². The maximum atomic E-state index is 5.24. The van der Waals surface area contributed by atoms with E-state index >= 15 is 0 Å². The molecule has 0 radical (unpaired) electrons. The molecule has 1 aliphatic heterocycles. The molecule has 0 saturated carbocycles. The maximum Gasteiger partial charge on any atom is 0.118 e. The van der Waals surface area contributed by atoms with E-state index < -0.39 is 0 Å². The number of hydrogen-bond donors (Lipinski definition) is 1. The number of benzene rings is 3. The molecule has 4 rings (SSSR count). The normalized spacial score (nSPS) is 15.1. The third-order valence-electron chi connectivity index (χ3n) is 6.11. The minimum Gasteiger partial charge on any atom is -0.497 e. The zero-order valence-electron chi connectivity index (χ0n) is 18.1. The van der Waals surface area contributed by atoms with E-state index in [4.69, 9.17) is 4.74 Å². The second kappa shape index (κ2) is 9.82. The molecule has 0 aliphatic carbocycles. The molecule has 156 valence electrons. The van der Waals surface area contributed by atoms with Gasteiger partial charge in [0.05, 0.1) is 7.11 Å². The van der Waals surface area contributed by atoms with Gasteiger partial charge < -0.3 is 10.1 Å². The van der Waals surface area contributed by atoms with Crippen molar-refractivity contribution in [1.29, 1.82) is 0 Å². The van der Waals surface area contributed by atoms with Gasteiger partial charge >= 0.3 is 0 Å². The number of methoxy groups -OCH3 is 1. The van der Waals surface area contributed by atoms with E-state index in [1.54, 1.807) is 7.11 Å². The Hall–Kier alpha value is -2.78. The molecule has 0 amide bonds. The summed E-state index contributed by atoms with van der Waals surface area (Å²) < 4.78 is 5.24. The highest BCUT2D eigenvalue weighted by Crippen LogP contribution is 2.23. The van der Waals surface area contributed by atoms with Gasteiger partial charge in [0.1, 0.15) is 5.75 Å². The minimum absolute atomic E-state index is 0.826. The predicted molar refractivity (Wildman–Crippen MR) is 126 cm³/mol. The second-order valence-corrected chi connectivity index (χ2v) is 8.43. The van der Waals surface area contributed by atoms with E-state index in [9.17, 15) is 0 Å². The van der Waals surface area contributed by atoms with Crippen molar-refractivity contribution in [2.24, 2.45) is 5.92 Å². The number of hydrogen-bond acceptors (Lipinski definition) is 3. The fraction of sp³-hybridized carbons (Fsp3) is 0.333. The van der Waals surface area contributed by atoms with Gasteiger partial charge in [-0.2, -0.15) is 0 Å². The van der Waals surface area contributed by atoms with E-state index in [1.165, 1.54) is 53.9 Å². The van der Waals surface area contributed by atoms with Gasteiger partial charge in [-0.1, -0.05) is 55.5 Å². The van der Waals surface area contributed by atoms with Crippen molar-refractivity contribution in [2.75, 3.05) is 25.5 Å². The number of anilines is 1. The third-order valence-corrected chi connectivity index (χ3v) is 6.11. The first kappa shape index (κ1) is 20.5. The fourth-order valence-electron chi connectivity index (χ4n) is 4.01. The lowest BCUT2D eigenvalue weighted by Crippen LogP contribution is -2.32. The summed E-state index contributed by atoms with van der Waals surface area (Å²) in [4.78, 5) is 2.58. The highest BCUT2D eigenvalue weighted by Gasteiger charge is 2.15. The molecule has 1 heterocycles. The Bertz CT molecular complexity index is 909. The van der Waals surface area contributed by atoms with Crippen molar-refractivity contribution in [3.63, 3.8) is 0 Å². The van der Waals surface area contributed by atoms with Crippen molar-refractivity contribution in [2.45, 2.75) is 32.9 Å². The Morgan fingerprint density at radius 1 is 0.800 bits per heavy atom. The minimum atomic E-state index is 0.826. The van der Waals surface area contributed by atoms with Gasteiger partial charge in [0.2, 0.25) is 0 Å². The van der Waals surface area contributed by atoms with Gasteiger partial charge in [-0.3, -0.25) is 4.90 Å². The van der Waals surface area contributed by atoms with Crippen molar-refractivity contribution in [3.05, 3.63) is 83.9 Å². The molecule has 0 atom stereocenters. The summed E-state index contributed by atoms with van der Waals surface area (Å²) in [7, 11) is 1.69. The Morgan fingerprint density at radius 2 is 1.37 bits per heavy atom. The van der Waals surface area contributed by atoms with Gasteiger partial charge in [-0.15, -0.1) is 0 Å². The summed E-state index contributed by atoms with van der Waals surface area (Å²) in [5.41, 5.74) is 6.27. The molecule has 1 N–H and O–H groups in total. The highest BCUT2D eigenvalue weighted by molar-refractivity contribution is 5.64. The summed E-state index contributed by atoms with van der Waals surface area (Å²) in [5.74, 6) is 1.77. The first-order chi connectivity index (χ1) is 14.7. The van der Waals surface area contributed by atoms with Crippen molar-refractivity contribution >= 4 is 5.69 Å². The van der Waals surface area contributed by atoms with Crippen LogP contribution in [0.5, 0.6) is 5.75 Å². The quantitative estimate of drug-likeness (QED) is 0.510. The zero-order chi connectivity index (χ0) is 20.8. The number of rotatable bonds is 7. The zero-order valence-corrected chi connectivity index (χ0v) is 18.1. The van der Waals surface area contributed by atoms with E-state index in [-0.39, 0.29) is 0 Å². The lowest BCUT2D eigenvalue weighted by atomic mass is 9.99. The molecule has 3 heteroatoms. The maximum absolute atomic E-state index is 5.24.